The minimum absolute atomic E-state index is 0.182. The topological polar surface area (TPSA) is 50.4 Å². The van der Waals surface area contributed by atoms with Gasteiger partial charge in [0, 0.05) is 31.6 Å². The van der Waals surface area contributed by atoms with Crippen molar-refractivity contribution in [3.63, 3.8) is 0 Å². The van der Waals surface area contributed by atoms with Crippen LogP contribution in [0.1, 0.15) is 26.2 Å². The van der Waals surface area contributed by atoms with Crippen LogP contribution in [0.3, 0.4) is 0 Å². The Morgan fingerprint density at radius 1 is 1.50 bits per heavy atom. The lowest BCUT2D eigenvalue weighted by atomic mass is 10.0. The molecule has 0 unspecified atom stereocenters. The maximum atomic E-state index is 10.6. The Morgan fingerprint density at radius 3 is 3.14 bits per heavy atom. The maximum Gasteiger partial charge on any atom is 0.302 e. The molecule has 4 heteroatoms. The van der Waals surface area contributed by atoms with E-state index in [4.69, 9.17) is 4.74 Å². The van der Waals surface area contributed by atoms with Gasteiger partial charge in [0.05, 0.1) is 6.61 Å². The fourth-order valence-corrected chi connectivity index (χ4v) is 2.40. The number of carbonyl (C=O) groups excluding carboxylic acids is 1. The van der Waals surface area contributed by atoms with Gasteiger partial charge in [-0.2, -0.15) is 0 Å². The Bertz CT molecular complexity index is 220. The first-order valence-electron chi connectivity index (χ1n) is 5.38. The van der Waals surface area contributed by atoms with Crippen molar-refractivity contribution in [2.45, 2.75) is 44.3 Å². The van der Waals surface area contributed by atoms with Crippen LogP contribution in [-0.4, -0.2) is 37.2 Å². The van der Waals surface area contributed by atoms with Crippen molar-refractivity contribution < 1.29 is 9.53 Å². The van der Waals surface area contributed by atoms with Crippen molar-refractivity contribution in [2.75, 3.05) is 13.2 Å². The largest absolute Gasteiger partial charge is 0.466 e. The van der Waals surface area contributed by atoms with Gasteiger partial charge in [0.15, 0.2) is 0 Å². The second-order valence-corrected chi connectivity index (χ2v) is 4.19. The molecule has 0 radical (unpaired) electrons. The summed E-state index contributed by atoms with van der Waals surface area (Å²) in [5.41, 5.74) is 0. The van der Waals surface area contributed by atoms with Crippen LogP contribution < -0.4 is 10.6 Å². The van der Waals surface area contributed by atoms with Crippen LogP contribution in [0.25, 0.3) is 0 Å². The summed E-state index contributed by atoms with van der Waals surface area (Å²) in [5, 5.41) is 7.08. The molecule has 2 N–H and O–H groups in total. The second kappa shape index (κ2) is 4.28. The minimum Gasteiger partial charge on any atom is -0.466 e. The molecule has 2 heterocycles. The highest BCUT2D eigenvalue weighted by Gasteiger charge is 2.34. The second-order valence-electron chi connectivity index (χ2n) is 4.19. The van der Waals surface area contributed by atoms with Gasteiger partial charge in [-0.1, -0.05) is 0 Å². The number of piperazine rings is 1. The van der Waals surface area contributed by atoms with Gasteiger partial charge in [-0.25, -0.2) is 0 Å². The van der Waals surface area contributed by atoms with Gasteiger partial charge in [0.2, 0.25) is 0 Å². The molecule has 0 aromatic rings. The van der Waals surface area contributed by atoms with Crippen molar-refractivity contribution in [3.8, 4) is 0 Å². The summed E-state index contributed by atoms with van der Waals surface area (Å²) < 4.78 is 4.94. The van der Waals surface area contributed by atoms with E-state index in [0.717, 1.165) is 13.0 Å². The Balaban J connectivity index is 1.72. The van der Waals surface area contributed by atoms with E-state index in [1.807, 2.05) is 0 Å². The number of nitrogens with one attached hydrogen (secondary N) is 2. The normalized spacial score (nSPS) is 35.6. The molecule has 3 atom stereocenters. The lowest BCUT2D eigenvalue weighted by Gasteiger charge is -2.31. The highest BCUT2D eigenvalue weighted by atomic mass is 16.5. The van der Waals surface area contributed by atoms with Crippen molar-refractivity contribution in [1.29, 1.82) is 0 Å². The molecule has 2 aliphatic heterocycles. The lowest BCUT2D eigenvalue weighted by Crippen LogP contribution is -2.56. The van der Waals surface area contributed by atoms with Crippen molar-refractivity contribution >= 4 is 5.97 Å². The average molecular weight is 198 g/mol. The third-order valence-corrected chi connectivity index (χ3v) is 3.12. The van der Waals surface area contributed by atoms with Gasteiger partial charge < -0.3 is 15.4 Å². The van der Waals surface area contributed by atoms with E-state index >= 15 is 0 Å². The van der Waals surface area contributed by atoms with Crippen LogP contribution in [0.2, 0.25) is 0 Å². The molecule has 4 nitrogen and oxygen atoms in total. The predicted molar refractivity (Wildman–Crippen MR) is 53.0 cm³/mol. The van der Waals surface area contributed by atoms with Gasteiger partial charge in [0.1, 0.15) is 0 Å². The number of fused-ring (bicyclic) bond motifs is 2. The minimum atomic E-state index is -0.182. The molecule has 0 aromatic heterocycles. The fraction of sp³-hybridized carbons (Fsp3) is 0.900. The number of rotatable bonds is 3. The zero-order valence-electron chi connectivity index (χ0n) is 8.58. The molecule has 2 fully saturated rings. The molecule has 0 saturated carbocycles. The fourth-order valence-electron chi connectivity index (χ4n) is 2.40. The van der Waals surface area contributed by atoms with E-state index in [0.29, 0.717) is 24.7 Å². The van der Waals surface area contributed by atoms with E-state index in [-0.39, 0.29) is 5.97 Å². The SMILES string of the molecule is CC(=O)OCC[C@H]1NC[C@H]2CC[C@@H]1N2. The third kappa shape index (κ3) is 2.25. The monoisotopic (exact) mass is 198 g/mol. The van der Waals surface area contributed by atoms with Crippen molar-refractivity contribution in [1.82, 2.24) is 10.6 Å². The molecular formula is C10H18N2O2. The number of esters is 1. The summed E-state index contributed by atoms with van der Waals surface area (Å²) in [4.78, 5) is 10.6. The summed E-state index contributed by atoms with van der Waals surface area (Å²) in [6, 6.07) is 1.74. The highest BCUT2D eigenvalue weighted by molar-refractivity contribution is 5.65. The van der Waals surface area contributed by atoms with Gasteiger partial charge in [-0.05, 0) is 19.3 Å². The van der Waals surface area contributed by atoms with Crippen LogP contribution in [-0.2, 0) is 9.53 Å². The number of hydrogen-bond acceptors (Lipinski definition) is 4. The molecule has 2 aliphatic rings. The van der Waals surface area contributed by atoms with Gasteiger partial charge >= 0.3 is 5.97 Å². The van der Waals surface area contributed by atoms with Crippen LogP contribution in [0.5, 0.6) is 0 Å². The molecule has 80 valence electrons. The smallest absolute Gasteiger partial charge is 0.302 e. The summed E-state index contributed by atoms with van der Waals surface area (Å²) >= 11 is 0. The summed E-state index contributed by atoms with van der Waals surface area (Å²) in [6.07, 6.45) is 3.45. The third-order valence-electron chi connectivity index (χ3n) is 3.12. The molecule has 0 aliphatic carbocycles. The molecule has 2 bridgehead atoms. The Morgan fingerprint density at radius 2 is 2.36 bits per heavy atom. The first kappa shape index (κ1) is 9.93. The van der Waals surface area contributed by atoms with E-state index < -0.39 is 0 Å². The molecule has 2 saturated heterocycles. The van der Waals surface area contributed by atoms with Gasteiger partial charge in [0.25, 0.3) is 0 Å². The number of hydrogen-bond donors (Lipinski definition) is 2. The van der Waals surface area contributed by atoms with Crippen LogP contribution in [0.15, 0.2) is 0 Å². The van der Waals surface area contributed by atoms with Crippen LogP contribution in [0.4, 0.5) is 0 Å². The van der Waals surface area contributed by atoms with E-state index in [1.165, 1.54) is 19.8 Å². The maximum absolute atomic E-state index is 10.6. The Labute approximate surface area is 84.4 Å². The quantitative estimate of drug-likeness (QED) is 0.628. The van der Waals surface area contributed by atoms with Gasteiger partial charge in [-0.15, -0.1) is 0 Å². The van der Waals surface area contributed by atoms with Crippen molar-refractivity contribution in [2.24, 2.45) is 0 Å². The first-order valence-corrected chi connectivity index (χ1v) is 5.38. The Hall–Kier alpha value is -0.610. The molecule has 0 aromatic carbocycles. The van der Waals surface area contributed by atoms with Crippen molar-refractivity contribution in [3.05, 3.63) is 0 Å². The molecule has 0 amide bonds. The van der Waals surface area contributed by atoms with Gasteiger partial charge in [-0.3, -0.25) is 4.79 Å². The molecule has 0 spiro atoms. The van der Waals surface area contributed by atoms with Crippen LogP contribution >= 0.6 is 0 Å². The molecule has 2 rings (SSSR count). The highest BCUT2D eigenvalue weighted by Crippen LogP contribution is 2.20. The zero-order chi connectivity index (χ0) is 9.97. The van der Waals surface area contributed by atoms with E-state index in [1.54, 1.807) is 0 Å². The van der Waals surface area contributed by atoms with Crippen LogP contribution in [0, 0.1) is 0 Å². The predicted octanol–water partition coefficient (Wildman–Crippen LogP) is 0.0320. The standard InChI is InChI=1S/C10H18N2O2/c1-7(13)14-5-4-9-10-3-2-8(12-10)6-11-9/h8-12H,2-6H2,1H3/t8-,9-,10+/m1/s1. The van der Waals surface area contributed by atoms with E-state index in [2.05, 4.69) is 10.6 Å². The lowest BCUT2D eigenvalue weighted by molar-refractivity contribution is -0.141. The van der Waals surface area contributed by atoms with E-state index in [9.17, 15) is 4.79 Å². The summed E-state index contributed by atoms with van der Waals surface area (Å²) in [6.45, 7) is 3.05. The zero-order valence-corrected chi connectivity index (χ0v) is 8.58. The summed E-state index contributed by atoms with van der Waals surface area (Å²) in [5.74, 6) is -0.182. The molecular weight excluding hydrogens is 180 g/mol. The number of carbonyl (C=O) groups is 1. The summed E-state index contributed by atoms with van der Waals surface area (Å²) in [7, 11) is 0. The first-order chi connectivity index (χ1) is 6.75. The molecule has 14 heavy (non-hydrogen) atoms. The average Bonchev–Trinajstić information content (AvgIpc) is 2.52. The Kier molecular flexibility index (Phi) is 3.03. The number of ether oxygens (including phenoxy) is 1.